The molecule has 1 N–H and O–H groups in total. The summed E-state index contributed by atoms with van der Waals surface area (Å²) in [6, 6.07) is 16.7. The molecule has 0 amide bonds. The monoisotopic (exact) mass is 290 g/mol. The molecule has 110 valence electrons. The number of nitrogens with one attached hydrogen (secondary N) is 1. The maximum atomic E-state index is 5.43. The smallest absolute Gasteiger partial charge is 0.133 e. The minimum Gasteiger partial charge on any atom is -0.496 e. The first-order valence-corrected chi connectivity index (χ1v) is 7.60. The van der Waals surface area contributed by atoms with E-state index < -0.39 is 0 Å². The lowest BCUT2D eigenvalue weighted by Crippen LogP contribution is -2.24. The van der Waals surface area contributed by atoms with Crippen LogP contribution in [0.15, 0.2) is 54.7 Å². The summed E-state index contributed by atoms with van der Waals surface area (Å²) >= 11 is 0. The van der Waals surface area contributed by atoms with Gasteiger partial charge in [0.2, 0.25) is 0 Å². The lowest BCUT2D eigenvalue weighted by molar-refractivity contribution is 0.420. The van der Waals surface area contributed by atoms with Crippen molar-refractivity contribution in [1.29, 1.82) is 0 Å². The molecular formula is C19H18N2O. The average molecular weight is 290 g/mol. The summed E-state index contributed by atoms with van der Waals surface area (Å²) in [5.41, 5.74) is 2.94. The highest BCUT2D eigenvalue weighted by molar-refractivity contribution is 5.95. The van der Waals surface area contributed by atoms with Crippen LogP contribution in [0, 0.1) is 0 Å². The minimum atomic E-state index is 0.582. The molecule has 0 saturated carbocycles. The number of hydrogen-bond donors (Lipinski definition) is 1. The second-order valence-corrected chi connectivity index (χ2v) is 5.70. The van der Waals surface area contributed by atoms with Crippen molar-refractivity contribution in [1.82, 2.24) is 4.98 Å². The van der Waals surface area contributed by atoms with E-state index in [4.69, 9.17) is 4.74 Å². The van der Waals surface area contributed by atoms with Crippen molar-refractivity contribution in [2.24, 2.45) is 0 Å². The summed E-state index contributed by atoms with van der Waals surface area (Å²) in [5.74, 6) is 2.40. The fraction of sp³-hybridized carbons (Fsp3) is 0.211. The number of methoxy groups -OCH3 is 1. The van der Waals surface area contributed by atoms with Crippen LogP contribution in [-0.4, -0.2) is 18.6 Å². The van der Waals surface area contributed by atoms with E-state index in [1.807, 2.05) is 24.4 Å². The van der Waals surface area contributed by atoms with Gasteiger partial charge in [0.05, 0.1) is 7.11 Å². The number of fused-ring (bicyclic) bond motifs is 2. The summed E-state index contributed by atoms with van der Waals surface area (Å²) in [6.45, 7) is 0.917. The maximum absolute atomic E-state index is 5.43. The number of benzene rings is 2. The van der Waals surface area contributed by atoms with Crippen LogP contribution in [-0.2, 0) is 6.42 Å². The molecule has 1 aliphatic rings. The van der Waals surface area contributed by atoms with E-state index in [1.165, 1.54) is 11.1 Å². The molecule has 3 aromatic rings. The number of hydrogen-bond acceptors (Lipinski definition) is 3. The molecule has 2 aromatic carbocycles. The largest absolute Gasteiger partial charge is 0.496 e. The second kappa shape index (κ2) is 5.34. The molecule has 1 unspecified atom stereocenters. The number of nitrogens with zero attached hydrogens (tertiary/aromatic N) is 1. The fourth-order valence-electron chi connectivity index (χ4n) is 3.26. The first kappa shape index (κ1) is 13.1. The Labute approximate surface area is 130 Å². The molecule has 0 radical (unpaired) electrons. The van der Waals surface area contributed by atoms with Crippen molar-refractivity contribution < 1.29 is 4.74 Å². The van der Waals surface area contributed by atoms with E-state index >= 15 is 0 Å². The number of pyridine rings is 1. The van der Waals surface area contributed by atoms with Crippen LogP contribution >= 0.6 is 0 Å². The van der Waals surface area contributed by atoms with Gasteiger partial charge in [0.25, 0.3) is 0 Å². The highest BCUT2D eigenvalue weighted by atomic mass is 16.5. The zero-order valence-electron chi connectivity index (χ0n) is 12.5. The topological polar surface area (TPSA) is 34.1 Å². The summed E-state index contributed by atoms with van der Waals surface area (Å²) in [5, 5.41) is 5.72. The van der Waals surface area contributed by atoms with Gasteiger partial charge in [-0.25, -0.2) is 4.98 Å². The normalized spacial score (nSPS) is 16.0. The van der Waals surface area contributed by atoms with E-state index in [1.54, 1.807) is 7.11 Å². The highest BCUT2D eigenvalue weighted by Crippen LogP contribution is 2.35. The average Bonchev–Trinajstić information content (AvgIpc) is 2.55. The van der Waals surface area contributed by atoms with Crippen molar-refractivity contribution in [2.75, 3.05) is 19.0 Å². The van der Waals surface area contributed by atoms with Gasteiger partial charge in [-0.05, 0) is 29.7 Å². The Hall–Kier alpha value is -2.55. The van der Waals surface area contributed by atoms with E-state index in [2.05, 4.69) is 40.6 Å². The zero-order chi connectivity index (χ0) is 14.9. The molecule has 1 atom stereocenters. The lowest BCUT2D eigenvalue weighted by Gasteiger charge is -2.30. The summed E-state index contributed by atoms with van der Waals surface area (Å²) in [6.07, 6.45) is 2.99. The van der Waals surface area contributed by atoms with Crippen LogP contribution in [0.3, 0.4) is 0 Å². The molecule has 4 rings (SSSR count). The molecule has 0 spiro atoms. The molecule has 0 aliphatic heterocycles. The van der Waals surface area contributed by atoms with Crippen molar-refractivity contribution in [3.63, 3.8) is 0 Å². The predicted octanol–water partition coefficient (Wildman–Crippen LogP) is 4.00. The van der Waals surface area contributed by atoms with Crippen molar-refractivity contribution >= 4 is 16.6 Å². The van der Waals surface area contributed by atoms with E-state index in [0.717, 1.165) is 35.3 Å². The van der Waals surface area contributed by atoms with Crippen molar-refractivity contribution in [3.05, 3.63) is 65.9 Å². The summed E-state index contributed by atoms with van der Waals surface area (Å²) in [7, 11) is 1.70. The van der Waals surface area contributed by atoms with Gasteiger partial charge >= 0.3 is 0 Å². The van der Waals surface area contributed by atoms with Crippen LogP contribution in [0.5, 0.6) is 5.75 Å². The predicted molar refractivity (Wildman–Crippen MR) is 89.7 cm³/mol. The summed E-state index contributed by atoms with van der Waals surface area (Å²) < 4.78 is 5.43. The van der Waals surface area contributed by atoms with Gasteiger partial charge in [-0.2, -0.15) is 0 Å². The molecule has 0 bridgehead atoms. The minimum absolute atomic E-state index is 0.582. The molecule has 1 aromatic heterocycles. The van der Waals surface area contributed by atoms with Gasteiger partial charge < -0.3 is 10.1 Å². The van der Waals surface area contributed by atoms with Crippen LogP contribution in [0.2, 0.25) is 0 Å². The van der Waals surface area contributed by atoms with Crippen molar-refractivity contribution in [2.45, 2.75) is 12.3 Å². The number of aromatic nitrogens is 1. The Morgan fingerprint density at radius 3 is 2.86 bits per heavy atom. The van der Waals surface area contributed by atoms with Crippen LogP contribution < -0.4 is 10.1 Å². The van der Waals surface area contributed by atoms with Crippen LogP contribution in [0.1, 0.15) is 17.0 Å². The molecule has 22 heavy (non-hydrogen) atoms. The number of anilines is 1. The fourth-order valence-corrected chi connectivity index (χ4v) is 3.26. The van der Waals surface area contributed by atoms with E-state index in [-0.39, 0.29) is 0 Å². The Balaban J connectivity index is 1.58. The lowest BCUT2D eigenvalue weighted by atomic mass is 9.77. The van der Waals surface area contributed by atoms with Crippen LogP contribution in [0.4, 0.5) is 5.82 Å². The van der Waals surface area contributed by atoms with Gasteiger partial charge in [0, 0.05) is 29.4 Å². The third-order valence-electron chi connectivity index (χ3n) is 4.46. The van der Waals surface area contributed by atoms with Gasteiger partial charge in [-0.3, -0.25) is 0 Å². The Morgan fingerprint density at radius 1 is 1.09 bits per heavy atom. The quantitative estimate of drug-likeness (QED) is 0.788. The zero-order valence-corrected chi connectivity index (χ0v) is 12.5. The molecule has 0 fully saturated rings. The third-order valence-corrected chi connectivity index (χ3v) is 4.46. The van der Waals surface area contributed by atoms with E-state index in [0.29, 0.717) is 5.92 Å². The standard InChI is InChI=1S/C19H18N2O/c1-22-18-8-4-7-17-16(18)9-10-20-19(17)21-12-14-11-13-5-2-3-6-15(13)14/h2-10,14H,11-12H2,1H3,(H,20,21). The highest BCUT2D eigenvalue weighted by Gasteiger charge is 2.25. The molecule has 3 heteroatoms. The Kier molecular flexibility index (Phi) is 3.19. The molecule has 1 aliphatic carbocycles. The molecule has 1 heterocycles. The number of rotatable bonds is 4. The summed E-state index contributed by atoms with van der Waals surface area (Å²) in [4.78, 5) is 4.50. The van der Waals surface area contributed by atoms with Gasteiger partial charge in [0.15, 0.2) is 0 Å². The molecule has 0 saturated heterocycles. The molecular weight excluding hydrogens is 272 g/mol. The first-order chi connectivity index (χ1) is 10.9. The first-order valence-electron chi connectivity index (χ1n) is 7.60. The Morgan fingerprint density at radius 2 is 2.00 bits per heavy atom. The van der Waals surface area contributed by atoms with Crippen LogP contribution in [0.25, 0.3) is 10.8 Å². The van der Waals surface area contributed by atoms with Gasteiger partial charge in [-0.15, -0.1) is 0 Å². The Bertz CT molecular complexity index is 829. The van der Waals surface area contributed by atoms with Crippen molar-refractivity contribution in [3.8, 4) is 5.75 Å². The SMILES string of the molecule is COc1cccc2c(NCC3Cc4ccccc43)nccc12. The second-order valence-electron chi connectivity index (χ2n) is 5.70. The van der Waals surface area contributed by atoms with Gasteiger partial charge in [0.1, 0.15) is 11.6 Å². The number of ether oxygens (including phenoxy) is 1. The van der Waals surface area contributed by atoms with Gasteiger partial charge in [-0.1, -0.05) is 36.4 Å². The van der Waals surface area contributed by atoms with E-state index in [9.17, 15) is 0 Å². The third kappa shape index (κ3) is 2.10. The molecule has 3 nitrogen and oxygen atoms in total. The maximum Gasteiger partial charge on any atom is 0.133 e.